The Hall–Kier alpha value is -2.52. The first-order valence-corrected chi connectivity index (χ1v) is 30.9. The van der Waals surface area contributed by atoms with Gasteiger partial charge in [-0.15, -0.1) is 0 Å². The van der Waals surface area contributed by atoms with Crippen LogP contribution < -0.4 is 0 Å². The molecular weight excluding hydrogens is 1110 g/mol. The van der Waals surface area contributed by atoms with Gasteiger partial charge < -0.3 is 78.9 Å². The van der Waals surface area contributed by atoms with E-state index in [0.717, 1.165) is 0 Å². The van der Waals surface area contributed by atoms with E-state index in [2.05, 4.69) is 4.52 Å². The van der Waals surface area contributed by atoms with Crippen molar-refractivity contribution in [3.63, 3.8) is 0 Å². The van der Waals surface area contributed by atoms with Gasteiger partial charge in [-0.2, -0.15) is 0 Å². The van der Waals surface area contributed by atoms with Gasteiger partial charge in [0.25, 0.3) is 0 Å². The number of ether oxygens (including phenoxy) is 6. The molecule has 7 aliphatic rings. The number of likely N-dealkylation sites (N-methyl/N-ethyl adjacent to an activating group) is 1. The van der Waals surface area contributed by atoms with Crippen molar-refractivity contribution in [2.75, 3.05) is 27.8 Å². The molecule has 0 aromatic heterocycles. The molecular formula is C59H97FNO21P. The van der Waals surface area contributed by atoms with E-state index >= 15 is 4.39 Å². The smallest absolute Gasteiger partial charge is 0.459 e. The molecule has 0 radical (unpaired) electrons. The Balaban J connectivity index is 0.000000294. The predicted octanol–water partition coefficient (Wildman–Crippen LogP) is 3.80. The molecule has 4 aliphatic carbocycles. The molecule has 476 valence electrons. The summed E-state index contributed by atoms with van der Waals surface area (Å²) in [4.78, 5) is 72.6. The van der Waals surface area contributed by atoms with Crippen molar-refractivity contribution in [3.8, 4) is 0 Å². The molecule has 7 rings (SSSR count). The second-order valence-electron chi connectivity index (χ2n) is 26.8. The minimum Gasteiger partial charge on any atom is -0.459 e. The Morgan fingerprint density at radius 3 is 2.06 bits per heavy atom. The molecule has 3 saturated carbocycles. The van der Waals surface area contributed by atoms with Crippen LogP contribution in [-0.2, 0) is 56.7 Å². The fraction of sp³-hybridized carbons (Fsp3) is 0.864. The number of carbonyl (C=O) groups is 4. The molecule has 0 amide bonds. The number of carbonyl (C=O) groups excluding carboxylic acids is 4. The number of alkyl halides is 1. The zero-order valence-electron chi connectivity index (χ0n) is 51.3. The lowest BCUT2D eigenvalue weighted by Crippen LogP contribution is -2.69. The first-order chi connectivity index (χ1) is 38.0. The average molecular weight is 1210 g/mol. The van der Waals surface area contributed by atoms with Crippen molar-refractivity contribution in [1.29, 1.82) is 0 Å². The summed E-state index contributed by atoms with van der Waals surface area (Å²) in [6.45, 7) is 20.3. The van der Waals surface area contributed by atoms with Gasteiger partial charge in [0.15, 0.2) is 29.8 Å². The normalized spacial score (nSPS) is 49.1. The van der Waals surface area contributed by atoms with Gasteiger partial charge >= 0.3 is 13.8 Å². The van der Waals surface area contributed by atoms with Crippen LogP contribution in [0.1, 0.15) is 141 Å². The zero-order chi connectivity index (χ0) is 62.9. The minimum absolute atomic E-state index is 0.0936. The van der Waals surface area contributed by atoms with E-state index in [1.807, 2.05) is 25.9 Å². The first kappa shape index (κ1) is 69.6. The summed E-state index contributed by atoms with van der Waals surface area (Å²) in [6.07, 6.45) is -6.01. The summed E-state index contributed by atoms with van der Waals surface area (Å²) in [6, 6.07) is -0.324. The Labute approximate surface area is 488 Å². The summed E-state index contributed by atoms with van der Waals surface area (Å²) in [5.74, 6) is -7.84. The Bertz CT molecular complexity index is 2470. The van der Waals surface area contributed by atoms with Gasteiger partial charge in [0.1, 0.15) is 41.9 Å². The third-order valence-electron chi connectivity index (χ3n) is 20.8. The molecule has 3 heterocycles. The molecule has 9 N–H and O–H groups in total. The summed E-state index contributed by atoms with van der Waals surface area (Å²) >= 11 is 0. The molecule has 83 heavy (non-hydrogen) atoms. The first-order valence-electron chi connectivity index (χ1n) is 29.4. The monoisotopic (exact) mass is 1210 g/mol. The van der Waals surface area contributed by atoms with Crippen molar-refractivity contribution in [2.45, 2.75) is 243 Å². The van der Waals surface area contributed by atoms with Crippen molar-refractivity contribution in [3.05, 3.63) is 23.8 Å². The lowest BCUT2D eigenvalue weighted by molar-refractivity contribution is -0.318. The van der Waals surface area contributed by atoms with Crippen LogP contribution in [0.25, 0.3) is 0 Å². The number of fused-ring (bicyclic) bond motifs is 5. The molecule has 3 saturated heterocycles. The summed E-state index contributed by atoms with van der Waals surface area (Å²) in [5, 5.41) is 80.4. The van der Waals surface area contributed by atoms with Crippen LogP contribution in [0.5, 0.6) is 0 Å². The number of aliphatic hydroxyl groups excluding tert-OH is 4. The van der Waals surface area contributed by atoms with E-state index < -0.39 is 174 Å². The number of phosphoric acid groups is 1. The lowest BCUT2D eigenvalue weighted by atomic mass is 9.44. The average Bonchev–Trinajstić information content (AvgIpc) is 3.93. The number of rotatable bonds is 11. The molecule has 3 aliphatic heterocycles. The molecule has 0 spiro atoms. The number of methoxy groups -OCH3 is 1. The van der Waals surface area contributed by atoms with Crippen LogP contribution in [-0.4, -0.2) is 203 Å². The van der Waals surface area contributed by atoms with E-state index in [0.29, 0.717) is 31.3 Å². The number of hydrogen-bond acceptors (Lipinski definition) is 20. The highest BCUT2D eigenvalue weighted by Crippen LogP contribution is 2.71. The van der Waals surface area contributed by atoms with Crippen molar-refractivity contribution in [1.82, 2.24) is 4.90 Å². The summed E-state index contributed by atoms with van der Waals surface area (Å²) in [7, 11) is 0.249. The predicted molar refractivity (Wildman–Crippen MR) is 297 cm³/mol. The number of aliphatic hydroxyl groups is 7. The third-order valence-corrected chi connectivity index (χ3v) is 21.3. The van der Waals surface area contributed by atoms with Gasteiger partial charge in [-0.05, 0) is 131 Å². The molecule has 0 bridgehead atoms. The van der Waals surface area contributed by atoms with Gasteiger partial charge in [-0.25, -0.2) is 8.96 Å². The maximum Gasteiger partial charge on any atom is 0.470 e. The van der Waals surface area contributed by atoms with Crippen LogP contribution in [0.3, 0.4) is 0 Å². The SMILES string of the molecule is CC[C@H]1OC(=O)[C@H](C)[C@@H](O[C@H]2C[C@@](C)(OC)[C@@H](O)[C@H](C)O2)[C@H](C)[C@@H](O[C@@H]2O[C@H](C)C[C@H](N(C)C)[C@H]2O)[C@](C)(O)C[C@@H](C)C(=O)[C@H](C)[C@@H](O)[C@]1(C)O.C[C@@H]1C[C@H]2[C@@H]3CCC4=CC(=O)C=C[C@]4(C)[C@@]3(F)[C@@H](O)C[C@]2(C)[C@@]1(O)C(=O)COP(=O)(O)O. The Morgan fingerprint density at radius 2 is 1.48 bits per heavy atom. The quantitative estimate of drug-likeness (QED) is 0.105. The van der Waals surface area contributed by atoms with E-state index in [9.17, 15) is 59.5 Å². The van der Waals surface area contributed by atoms with Gasteiger partial charge in [-0.3, -0.25) is 23.7 Å². The summed E-state index contributed by atoms with van der Waals surface area (Å²) < 4.78 is 69.5. The molecule has 6 fully saturated rings. The van der Waals surface area contributed by atoms with Gasteiger partial charge in [0, 0.05) is 54.1 Å². The molecule has 26 atom stereocenters. The van der Waals surface area contributed by atoms with Crippen LogP contribution in [0, 0.1) is 52.3 Å². The second kappa shape index (κ2) is 25.2. The number of ketones is 3. The van der Waals surface area contributed by atoms with Crippen LogP contribution in [0.15, 0.2) is 23.8 Å². The fourth-order valence-corrected chi connectivity index (χ4v) is 16.1. The van der Waals surface area contributed by atoms with E-state index in [-0.39, 0.29) is 43.6 Å². The highest BCUT2D eigenvalue weighted by atomic mass is 31.2. The third kappa shape index (κ3) is 12.9. The van der Waals surface area contributed by atoms with E-state index in [1.54, 1.807) is 62.3 Å². The molecule has 22 nitrogen and oxygen atoms in total. The summed E-state index contributed by atoms with van der Waals surface area (Å²) in [5.41, 5.74) is -10.7. The van der Waals surface area contributed by atoms with E-state index in [1.165, 1.54) is 46.1 Å². The topological polar surface area (TPSA) is 335 Å². The second-order valence-corrected chi connectivity index (χ2v) is 28.1. The maximum atomic E-state index is 17.0. The Kier molecular flexibility index (Phi) is 21.1. The number of cyclic esters (lactones) is 1. The maximum absolute atomic E-state index is 17.0. The van der Waals surface area contributed by atoms with Gasteiger partial charge in [0.2, 0.25) is 0 Å². The zero-order valence-corrected chi connectivity index (χ0v) is 52.2. The Morgan fingerprint density at radius 1 is 0.855 bits per heavy atom. The minimum atomic E-state index is -4.93. The number of phosphoric ester groups is 1. The van der Waals surface area contributed by atoms with Gasteiger partial charge in [0.05, 0.1) is 53.7 Å². The van der Waals surface area contributed by atoms with Gasteiger partial charge in [-0.1, -0.05) is 53.2 Å². The lowest BCUT2D eigenvalue weighted by Gasteiger charge is -2.62. The molecule has 0 aromatic rings. The number of allylic oxidation sites excluding steroid dienone is 4. The van der Waals surface area contributed by atoms with Crippen LogP contribution in [0.4, 0.5) is 4.39 Å². The number of halogens is 1. The molecule has 24 heteroatoms. The molecule has 0 unspecified atom stereocenters. The number of Topliss-reactive ketones (excluding diaryl/α,β-unsaturated/α-hetero) is 2. The largest absolute Gasteiger partial charge is 0.470 e. The number of nitrogens with zero attached hydrogens (tertiary/aromatic N) is 1. The van der Waals surface area contributed by atoms with Crippen molar-refractivity contribution in [2.24, 2.45) is 52.3 Å². The van der Waals surface area contributed by atoms with Crippen molar-refractivity contribution < 1.29 is 107 Å². The number of hydrogen-bond donors (Lipinski definition) is 9. The molecule has 0 aromatic carbocycles. The van der Waals surface area contributed by atoms with Crippen molar-refractivity contribution >= 4 is 31.1 Å². The fourth-order valence-electron chi connectivity index (χ4n) is 15.8. The number of esters is 1. The highest BCUT2D eigenvalue weighted by Gasteiger charge is 2.75. The van der Waals surface area contributed by atoms with Crippen LogP contribution in [0.2, 0.25) is 0 Å². The van der Waals surface area contributed by atoms with Crippen LogP contribution >= 0.6 is 7.82 Å². The standard InChI is InChI=1S/C37H67NO13.C22H30FO8P/c1-14-25-37(10,45)30(41)20(4)27(39)18(2)16-35(8,44)32(51-34-28(40)24(38(11)12)15-19(3)47-34)21(5)29(22(6)33(43)49-25)50-26-17-36(9,46-13)31(42)23(7)48-26;1-12-8-16-15-5-4-13-9-14(24)6-7-19(13,2)21(15,23)17(25)10-20(16,3)22(12,27)18(26)11-31-32(28,29)30/h18-26,28-32,34,40-42,44-45H,14-17H2,1-13H3;6-7,9,12,15-17,25,27H,4-5,8,10-11H2,1-3H3,(H2,28,29,30)/t18-,19-,20+,21+,22-,23+,24+,25-,26+,28-,29+,30-,31+,32-,34+,35-,36-,37-;12-,15+,16+,17+,19+,20+,21+,22+/m11/s1. The van der Waals surface area contributed by atoms with E-state index in [4.69, 9.17) is 38.2 Å². The highest BCUT2D eigenvalue weighted by molar-refractivity contribution is 7.46.